The van der Waals surface area contributed by atoms with E-state index in [1.165, 1.54) is 0 Å². The third-order valence-corrected chi connectivity index (χ3v) is 3.91. The van der Waals surface area contributed by atoms with Gasteiger partial charge in [0.2, 0.25) is 0 Å². The molecule has 1 N–H and O–H groups in total. The van der Waals surface area contributed by atoms with Crippen molar-refractivity contribution in [2.24, 2.45) is 5.41 Å². The van der Waals surface area contributed by atoms with Gasteiger partial charge in [-0.25, -0.2) is 0 Å². The zero-order chi connectivity index (χ0) is 17.1. The van der Waals surface area contributed by atoms with Crippen LogP contribution in [-0.4, -0.2) is 25.7 Å². The zero-order valence-electron chi connectivity index (χ0n) is 14.5. The monoisotopic (exact) mass is 371 g/mol. The van der Waals surface area contributed by atoms with Crippen molar-refractivity contribution >= 4 is 21.8 Å². The molecule has 5 heteroatoms. The van der Waals surface area contributed by atoms with E-state index in [0.717, 1.165) is 6.42 Å². The fraction of sp³-hybridized carbons (Fsp3) is 0.588. The van der Waals surface area contributed by atoms with Gasteiger partial charge in [-0.2, -0.15) is 0 Å². The molecule has 1 amide bonds. The molecule has 124 valence electrons. The number of hydrogen-bond acceptors (Lipinski definition) is 3. The summed E-state index contributed by atoms with van der Waals surface area (Å²) in [6.07, 6.45) is 0.872. The van der Waals surface area contributed by atoms with Gasteiger partial charge in [-0.05, 0) is 53.7 Å². The highest BCUT2D eigenvalue weighted by atomic mass is 79.9. The van der Waals surface area contributed by atoms with Gasteiger partial charge in [-0.1, -0.05) is 20.8 Å². The lowest BCUT2D eigenvalue weighted by Crippen LogP contribution is -2.45. The Balaban J connectivity index is 3.03. The minimum Gasteiger partial charge on any atom is -0.495 e. The SMILES string of the molecule is COc1cc(C(=O)NC(C)(C)CC(C)(C)C)cc(OC)c1Br. The topological polar surface area (TPSA) is 47.6 Å². The third-order valence-electron chi connectivity index (χ3n) is 3.13. The second-order valence-corrected chi connectivity index (χ2v) is 8.06. The molecule has 0 fully saturated rings. The van der Waals surface area contributed by atoms with E-state index < -0.39 is 0 Å². The summed E-state index contributed by atoms with van der Waals surface area (Å²) >= 11 is 3.40. The van der Waals surface area contributed by atoms with Crippen molar-refractivity contribution in [1.29, 1.82) is 0 Å². The Bertz CT molecular complexity index is 522. The zero-order valence-corrected chi connectivity index (χ0v) is 16.1. The van der Waals surface area contributed by atoms with Gasteiger partial charge in [0.15, 0.2) is 0 Å². The van der Waals surface area contributed by atoms with Gasteiger partial charge >= 0.3 is 0 Å². The Labute approximate surface area is 141 Å². The average Bonchev–Trinajstić information content (AvgIpc) is 2.35. The first-order valence-corrected chi connectivity index (χ1v) is 8.02. The quantitative estimate of drug-likeness (QED) is 0.833. The van der Waals surface area contributed by atoms with Crippen molar-refractivity contribution in [1.82, 2.24) is 5.32 Å². The Kier molecular flexibility index (Phi) is 5.90. The number of amides is 1. The molecule has 0 bridgehead atoms. The van der Waals surface area contributed by atoms with Crippen LogP contribution in [0.15, 0.2) is 16.6 Å². The Morgan fingerprint density at radius 2 is 1.55 bits per heavy atom. The van der Waals surface area contributed by atoms with Crippen molar-refractivity contribution in [3.05, 3.63) is 22.2 Å². The van der Waals surface area contributed by atoms with Crippen LogP contribution in [0.4, 0.5) is 0 Å². The number of nitrogens with one attached hydrogen (secondary N) is 1. The summed E-state index contributed by atoms with van der Waals surface area (Å²) in [5.41, 5.74) is 0.341. The maximum Gasteiger partial charge on any atom is 0.251 e. The van der Waals surface area contributed by atoms with Crippen molar-refractivity contribution in [2.75, 3.05) is 14.2 Å². The lowest BCUT2D eigenvalue weighted by Gasteiger charge is -2.33. The number of methoxy groups -OCH3 is 2. The number of rotatable bonds is 5. The normalized spacial score (nSPS) is 12.0. The van der Waals surface area contributed by atoms with Crippen LogP contribution in [0.3, 0.4) is 0 Å². The van der Waals surface area contributed by atoms with Gasteiger partial charge in [-0.15, -0.1) is 0 Å². The highest BCUT2D eigenvalue weighted by Gasteiger charge is 2.28. The summed E-state index contributed by atoms with van der Waals surface area (Å²) < 4.78 is 11.3. The van der Waals surface area contributed by atoms with Crippen LogP contribution < -0.4 is 14.8 Å². The summed E-state index contributed by atoms with van der Waals surface area (Å²) in [6, 6.07) is 3.41. The van der Waals surface area contributed by atoms with Gasteiger partial charge in [-0.3, -0.25) is 4.79 Å². The average molecular weight is 372 g/mol. The molecule has 1 aromatic rings. The van der Waals surface area contributed by atoms with E-state index in [4.69, 9.17) is 9.47 Å². The van der Waals surface area contributed by atoms with Crippen molar-refractivity contribution in [3.8, 4) is 11.5 Å². The van der Waals surface area contributed by atoms with E-state index in [9.17, 15) is 4.79 Å². The minimum atomic E-state index is -0.303. The van der Waals surface area contributed by atoms with Gasteiger partial charge in [0.1, 0.15) is 16.0 Å². The van der Waals surface area contributed by atoms with Crippen LogP contribution in [0.2, 0.25) is 0 Å². The number of halogens is 1. The summed E-state index contributed by atoms with van der Waals surface area (Å²) in [5, 5.41) is 3.09. The maximum absolute atomic E-state index is 12.6. The molecule has 1 rings (SSSR count). The summed E-state index contributed by atoms with van der Waals surface area (Å²) in [7, 11) is 3.12. The highest BCUT2D eigenvalue weighted by molar-refractivity contribution is 9.10. The molecule has 0 radical (unpaired) electrons. The second kappa shape index (κ2) is 6.90. The largest absolute Gasteiger partial charge is 0.495 e. The van der Waals surface area contributed by atoms with Gasteiger partial charge < -0.3 is 14.8 Å². The smallest absolute Gasteiger partial charge is 0.251 e. The molecule has 0 aliphatic rings. The van der Waals surface area contributed by atoms with E-state index in [2.05, 4.69) is 42.0 Å². The fourth-order valence-corrected chi connectivity index (χ4v) is 3.30. The van der Waals surface area contributed by atoms with Crippen LogP contribution in [0.5, 0.6) is 11.5 Å². The lowest BCUT2D eigenvalue weighted by atomic mass is 9.81. The Morgan fingerprint density at radius 1 is 1.09 bits per heavy atom. The second-order valence-electron chi connectivity index (χ2n) is 7.27. The van der Waals surface area contributed by atoms with Crippen LogP contribution in [0, 0.1) is 5.41 Å². The van der Waals surface area contributed by atoms with Crippen molar-refractivity contribution in [2.45, 2.75) is 46.6 Å². The molecule has 0 spiro atoms. The predicted octanol–water partition coefficient (Wildman–Crippen LogP) is 4.41. The molecule has 4 nitrogen and oxygen atoms in total. The molecule has 0 aromatic heterocycles. The molecule has 0 heterocycles. The Morgan fingerprint density at radius 3 is 1.91 bits per heavy atom. The first-order valence-electron chi connectivity index (χ1n) is 7.23. The molecule has 0 aliphatic carbocycles. The first-order chi connectivity index (χ1) is 9.99. The molecule has 0 unspecified atom stereocenters. The van der Waals surface area contributed by atoms with Crippen molar-refractivity contribution in [3.63, 3.8) is 0 Å². The number of carbonyl (C=O) groups excluding carboxylic acids is 1. The molecule has 22 heavy (non-hydrogen) atoms. The summed E-state index contributed by atoms with van der Waals surface area (Å²) in [4.78, 5) is 12.6. The maximum atomic E-state index is 12.6. The number of ether oxygens (including phenoxy) is 2. The predicted molar refractivity (Wildman–Crippen MR) is 92.9 cm³/mol. The minimum absolute atomic E-state index is 0.131. The van der Waals surface area contributed by atoms with Crippen molar-refractivity contribution < 1.29 is 14.3 Å². The van der Waals surface area contributed by atoms with Crippen LogP contribution >= 0.6 is 15.9 Å². The summed E-state index contributed by atoms with van der Waals surface area (Å²) in [5.74, 6) is 0.995. The number of benzene rings is 1. The lowest BCUT2D eigenvalue weighted by molar-refractivity contribution is 0.0890. The molecular formula is C17H26BrNO3. The fourth-order valence-electron chi connectivity index (χ4n) is 2.75. The van der Waals surface area contributed by atoms with E-state index in [0.29, 0.717) is 21.5 Å². The molecule has 0 saturated heterocycles. The number of carbonyl (C=O) groups is 1. The van der Waals surface area contributed by atoms with E-state index >= 15 is 0 Å². The molecule has 0 aliphatic heterocycles. The number of hydrogen-bond donors (Lipinski definition) is 1. The van der Waals surface area contributed by atoms with Crippen LogP contribution in [-0.2, 0) is 0 Å². The van der Waals surface area contributed by atoms with E-state index in [1.54, 1.807) is 26.4 Å². The molecule has 0 atom stereocenters. The molecular weight excluding hydrogens is 346 g/mol. The van der Waals surface area contributed by atoms with E-state index in [1.807, 2.05) is 13.8 Å². The van der Waals surface area contributed by atoms with Gasteiger partial charge in [0.25, 0.3) is 5.91 Å². The summed E-state index contributed by atoms with van der Waals surface area (Å²) in [6.45, 7) is 10.5. The van der Waals surface area contributed by atoms with Gasteiger partial charge in [0.05, 0.1) is 14.2 Å². The molecule has 1 aromatic carbocycles. The Hall–Kier alpha value is -1.23. The molecule has 0 saturated carbocycles. The van der Waals surface area contributed by atoms with E-state index in [-0.39, 0.29) is 16.9 Å². The third kappa shape index (κ3) is 5.20. The standard InChI is InChI=1S/C17H26BrNO3/c1-16(2,3)10-17(4,5)19-15(20)11-8-12(21-6)14(18)13(9-11)22-7/h8-9H,10H2,1-7H3,(H,19,20). The highest BCUT2D eigenvalue weighted by Crippen LogP contribution is 2.36. The van der Waals surface area contributed by atoms with Crippen LogP contribution in [0.25, 0.3) is 0 Å². The first kappa shape index (κ1) is 18.8. The van der Waals surface area contributed by atoms with Gasteiger partial charge in [0, 0.05) is 11.1 Å². The van der Waals surface area contributed by atoms with Crippen LogP contribution in [0.1, 0.15) is 51.4 Å².